The molecule has 0 aliphatic carbocycles. The van der Waals surface area contributed by atoms with E-state index in [4.69, 9.17) is 5.73 Å². The first kappa shape index (κ1) is 11.4. The van der Waals surface area contributed by atoms with Gasteiger partial charge in [-0.2, -0.15) is 0 Å². The molecule has 3 rings (SSSR count). The van der Waals surface area contributed by atoms with Gasteiger partial charge in [0.15, 0.2) is 4.96 Å². The van der Waals surface area contributed by atoms with Crippen LogP contribution in [-0.2, 0) is 6.54 Å². The highest BCUT2D eigenvalue weighted by molar-refractivity contribution is 7.15. The summed E-state index contributed by atoms with van der Waals surface area (Å²) in [5.41, 5.74) is 9.71. The number of thiazole rings is 1. The van der Waals surface area contributed by atoms with Crippen LogP contribution in [0.2, 0.25) is 0 Å². The quantitative estimate of drug-likeness (QED) is 0.770. The van der Waals surface area contributed by atoms with Crippen molar-refractivity contribution < 1.29 is 4.39 Å². The summed E-state index contributed by atoms with van der Waals surface area (Å²) < 4.78 is 15.0. The maximum atomic E-state index is 13.0. The lowest BCUT2D eigenvalue weighted by molar-refractivity contribution is 0.628. The number of imidazole rings is 1. The summed E-state index contributed by atoms with van der Waals surface area (Å²) >= 11 is 1.57. The zero-order valence-corrected chi connectivity index (χ0v) is 10.7. The molecular formula is C13H12FN3S. The number of benzene rings is 1. The number of aromatic nitrogens is 2. The Labute approximate surface area is 108 Å². The molecule has 0 bridgehead atoms. The average Bonchev–Trinajstić information content (AvgIpc) is 2.88. The Morgan fingerprint density at radius 1 is 1.33 bits per heavy atom. The smallest absolute Gasteiger partial charge is 0.194 e. The third-order valence-electron chi connectivity index (χ3n) is 2.99. The van der Waals surface area contributed by atoms with Gasteiger partial charge in [-0.3, -0.25) is 4.40 Å². The van der Waals surface area contributed by atoms with Gasteiger partial charge in [0.25, 0.3) is 0 Å². The van der Waals surface area contributed by atoms with Crippen molar-refractivity contribution in [1.29, 1.82) is 0 Å². The molecule has 0 aliphatic rings. The molecule has 2 aromatic heterocycles. The Morgan fingerprint density at radius 3 is 2.72 bits per heavy atom. The van der Waals surface area contributed by atoms with Crippen molar-refractivity contribution in [1.82, 2.24) is 9.38 Å². The van der Waals surface area contributed by atoms with E-state index in [0.717, 1.165) is 27.6 Å². The first-order chi connectivity index (χ1) is 8.70. The summed E-state index contributed by atoms with van der Waals surface area (Å²) in [7, 11) is 0. The lowest BCUT2D eigenvalue weighted by Gasteiger charge is -2.03. The summed E-state index contributed by atoms with van der Waals surface area (Å²) in [6.07, 6.45) is 0. The fourth-order valence-corrected chi connectivity index (χ4v) is 3.04. The highest BCUT2D eigenvalue weighted by atomic mass is 32.1. The van der Waals surface area contributed by atoms with E-state index in [0.29, 0.717) is 6.54 Å². The molecular weight excluding hydrogens is 249 g/mol. The maximum absolute atomic E-state index is 13.0. The molecule has 0 saturated heterocycles. The molecule has 0 unspecified atom stereocenters. The van der Waals surface area contributed by atoms with Crippen molar-refractivity contribution in [3.63, 3.8) is 0 Å². The van der Waals surface area contributed by atoms with Gasteiger partial charge in [0, 0.05) is 11.9 Å². The fourth-order valence-electron chi connectivity index (χ4n) is 2.08. The van der Waals surface area contributed by atoms with Crippen LogP contribution < -0.4 is 5.73 Å². The van der Waals surface area contributed by atoms with Crippen molar-refractivity contribution >= 4 is 16.3 Å². The summed E-state index contributed by atoms with van der Waals surface area (Å²) in [6, 6.07) is 6.47. The van der Waals surface area contributed by atoms with Crippen molar-refractivity contribution in [2.24, 2.45) is 5.73 Å². The number of hydrogen-bond acceptors (Lipinski definition) is 3. The summed E-state index contributed by atoms with van der Waals surface area (Å²) in [5, 5.41) is 2.02. The predicted molar refractivity (Wildman–Crippen MR) is 71.1 cm³/mol. The molecule has 0 amide bonds. The van der Waals surface area contributed by atoms with Gasteiger partial charge < -0.3 is 5.73 Å². The first-order valence-corrected chi connectivity index (χ1v) is 6.50. The Hall–Kier alpha value is -1.72. The molecule has 2 N–H and O–H groups in total. The monoisotopic (exact) mass is 261 g/mol. The third-order valence-corrected chi connectivity index (χ3v) is 3.82. The Bertz CT molecular complexity index is 697. The van der Waals surface area contributed by atoms with Crippen molar-refractivity contribution in [3.8, 4) is 11.3 Å². The standard InChI is InChI=1S/C13H12FN3S/c1-8-11(6-15)17-12(7-18-13(17)16-8)9-2-4-10(14)5-3-9/h2-5,7H,6,15H2,1H3. The van der Waals surface area contributed by atoms with E-state index in [9.17, 15) is 4.39 Å². The topological polar surface area (TPSA) is 43.3 Å². The van der Waals surface area contributed by atoms with Gasteiger partial charge in [-0.25, -0.2) is 9.37 Å². The third kappa shape index (κ3) is 1.63. The minimum Gasteiger partial charge on any atom is -0.325 e. The molecule has 18 heavy (non-hydrogen) atoms. The molecule has 0 saturated carbocycles. The summed E-state index contributed by atoms with van der Waals surface area (Å²) in [4.78, 5) is 5.40. The summed E-state index contributed by atoms with van der Waals surface area (Å²) in [5.74, 6) is -0.230. The second-order valence-corrected chi connectivity index (χ2v) is 4.93. The van der Waals surface area contributed by atoms with Gasteiger partial charge in [-0.15, -0.1) is 11.3 Å². The van der Waals surface area contributed by atoms with Crippen LogP contribution in [0.1, 0.15) is 11.4 Å². The molecule has 0 aliphatic heterocycles. The van der Waals surface area contributed by atoms with Crippen LogP contribution in [0, 0.1) is 12.7 Å². The number of nitrogens with two attached hydrogens (primary N) is 1. The Balaban J connectivity index is 2.25. The predicted octanol–water partition coefficient (Wildman–Crippen LogP) is 2.97. The SMILES string of the molecule is Cc1nc2scc(-c3ccc(F)cc3)n2c1CN. The van der Waals surface area contributed by atoms with Crippen LogP contribution in [0.5, 0.6) is 0 Å². The maximum Gasteiger partial charge on any atom is 0.194 e. The molecule has 0 fully saturated rings. The molecule has 0 atom stereocenters. The highest BCUT2D eigenvalue weighted by Gasteiger charge is 2.13. The van der Waals surface area contributed by atoms with Crippen molar-refractivity contribution in [2.75, 3.05) is 0 Å². The Kier molecular flexibility index (Phi) is 2.65. The Morgan fingerprint density at radius 2 is 2.06 bits per heavy atom. The van der Waals surface area contributed by atoms with E-state index in [1.807, 2.05) is 16.7 Å². The average molecular weight is 261 g/mol. The molecule has 92 valence electrons. The van der Waals surface area contributed by atoms with Gasteiger partial charge in [0.1, 0.15) is 5.82 Å². The van der Waals surface area contributed by atoms with Gasteiger partial charge in [0.05, 0.1) is 17.1 Å². The minimum atomic E-state index is -0.230. The molecule has 0 spiro atoms. The van der Waals surface area contributed by atoms with Crippen LogP contribution in [0.3, 0.4) is 0 Å². The molecule has 0 radical (unpaired) electrons. The molecule has 3 nitrogen and oxygen atoms in total. The normalized spacial score (nSPS) is 11.3. The highest BCUT2D eigenvalue weighted by Crippen LogP contribution is 2.28. The van der Waals surface area contributed by atoms with Crippen LogP contribution in [0.25, 0.3) is 16.2 Å². The lowest BCUT2D eigenvalue weighted by Crippen LogP contribution is -2.03. The fraction of sp³-hybridized carbons (Fsp3) is 0.154. The molecule has 1 aromatic carbocycles. The van der Waals surface area contributed by atoms with E-state index in [-0.39, 0.29) is 5.82 Å². The van der Waals surface area contributed by atoms with E-state index in [1.54, 1.807) is 23.5 Å². The number of rotatable bonds is 2. The number of nitrogens with zero attached hydrogens (tertiary/aromatic N) is 2. The van der Waals surface area contributed by atoms with Crippen LogP contribution in [0.4, 0.5) is 4.39 Å². The second kappa shape index (κ2) is 4.19. The van der Waals surface area contributed by atoms with Crippen LogP contribution in [0.15, 0.2) is 29.6 Å². The van der Waals surface area contributed by atoms with Gasteiger partial charge in [-0.1, -0.05) is 0 Å². The van der Waals surface area contributed by atoms with Crippen molar-refractivity contribution in [2.45, 2.75) is 13.5 Å². The number of aryl methyl sites for hydroxylation is 1. The van der Waals surface area contributed by atoms with Crippen molar-refractivity contribution in [3.05, 3.63) is 46.9 Å². The second-order valence-electron chi connectivity index (χ2n) is 4.09. The zero-order valence-electron chi connectivity index (χ0n) is 9.85. The van der Waals surface area contributed by atoms with E-state index in [2.05, 4.69) is 4.98 Å². The summed E-state index contributed by atoms with van der Waals surface area (Å²) in [6.45, 7) is 2.40. The van der Waals surface area contributed by atoms with Gasteiger partial charge >= 0.3 is 0 Å². The van der Waals surface area contributed by atoms with Crippen LogP contribution >= 0.6 is 11.3 Å². The molecule has 2 heterocycles. The lowest BCUT2D eigenvalue weighted by atomic mass is 10.1. The first-order valence-electron chi connectivity index (χ1n) is 5.62. The van der Waals surface area contributed by atoms with Gasteiger partial charge in [-0.05, 0) is 36.8 Å². The molecule has 3 aromatic rings. The number of fused-ring (bicyclic) bond motifs is 1. The number of halogens is 1. The zero-order chi connectivity index (χ0) is 12.7. The largest absolute Gasteiger partial charge is 0.325 e. The van der Waals surface area contributed by atoms with Crippen LogP contribution in [-0.4, -0.2) is 9.38 Å². The van der Waals surface area contributed by atoms with E-state index in [1.165, 1.54) is 12.1 Å². The number of hydrogen-bond donors (Lipinski definition) is 1. The van der Waals surface area contributed by atoms with E-state index < -0.39 is 0 Å². The van der Waals surface area contributed by atoms with E-state index >= 15 is 0 Å². The minimum absolute atomic E-state index is 0.230. The molecule has 5 heteroatoms. The van der Waals surface area contributed by atoms with Gasteiger partial charge in [0.2, 0.25) is 0 Å².